The predicted molar refractivity (Wildman–Crippen MR) is 101 cm³/mol. The number of H-pyrrole nitrogens is 1. The standard InChI is InChI=1S/C17H21N5O2S2/c1-10-12(9-18-19-10)15-7-8-16(25-15)26(23,24)21-13-5-4-6-14-17(13)11(2)20-22(14)3/h7-9,13,21H,4-6H2,1-3H3,(H,18,19). The molecular formula is C17H21N5O2S2. The topological polar surface area (TPSA) is 92.7 Å². The first-order valence-electron chi connectivity index (χ1n) is 8.51. The zero-order valence-corrected chi connectivity index (χ0v) is 16.5. The summed E-state index contributed by atoms with van der Waals surface area (Å²) < 4.78 is 31.0. The first-order chi connectivity index (χ1) is 12.4. The Labute approximate surface area is 156 Å². The number of sulfonamides is 1. The summed E-state index contributed by atoms with van der Waals surface area (Å²) in [5.74, 6) is 0. The molecule has 138 valence electrons. The summed E-state index contributed by atoms with van der Waals surface area (Å²) in [5.41, 5.74) is 4.91. The lowest BCUT2D eigenvalue weighted by atomic mass is 9.92. The van der Waals surface area contributed by atoms with Crippen LogP contribution in [0.3, 0.4) is 0 Å². The smallest absolute Gasteiger partial charge is 0.250 e. The lowest BCUT2D eigenvalue weighted by Gasteiger charge is -2.24. The predicted octanol–water partition coefficient (Wildman–Crippen LogP) is 2.84. The average molecular weight is 392 g/mol. The lowest BCUT2D eigenvalue weighted by Crippen LogP contribution is -2.31. The van der Waals surface area contributed by atoms with Gasteiger partial charge in [0.15, 0.2) is 0 Å². The van der Waals surface area contributed by atoms with Crippen molar-refractivity contribution in [1.29, 1.82) is 0 Å². The van der Waals surface area contributed by atoms with Crippen molar-refractivity contribution < 1.29 is 8.42 Å². The summed E-state index contributed by atoms with van der Waals surface area (Å²) >= 11 is 1.26. The maximum atomic E-state index is 12.9. The first-order valence-corrected chi connectivity index (χ1v) is 10.8. The number of thiophene rings is 1. The Morgan fingerprint density at radius 1 is 1.35 bits per heavy atom. The third kappa shape index (κ3) is 2.89. The highest BCUT2D eigenvalue weighted by Crippen LogP contribution is 2.35. The molecule has 1 aliphatic rings. The van der Waals surface area contributed by atoms with Gasteiger partial charge in [-0.1, -0.05) is 0 Å². The maximum absolute atomic E-state index is 12.9. The second-order valence-electron chi connectivity index (χ2n) is 6.66. The molecule has 1 atom stereocenters. The van der Waals surface area contributed by atoms with E-state index in [1.165, 1.54) is 11.3 Å². The molecule has 3 aromatic rings. The molecule has 0 fully saturated rings. The Bertz CT molecular complexity index is 1060. The van der Waals surface area contributed by atoms with Crippen molar-refractivity contribution in [3.63, 3.8) is 0 Å². The van der Waals surface area contributed by atoms with Gasteiger partial charge >= 0.3 is 0 Å². The third-order valence-electron chi connectivity index (χ3n) is 4.89. The van der Waals surface area contributed by atoms with E-state index in [4.69, 9.17) is 0 Å². The van der Waals surface area contributed by atoms with Crippen LogP contribution in [-0.2, 0) is 23.5 Å². The van der Waals surface area contributed by atoms with Crippen molar-refractivity contribution in [2.24, 2.45) is 7.05 Å². The Morgan fingerprint density at radius 2 is 2.15 bits per heavy atom. The molecule has 2 N–H and O–H groups in total. The quantitative estimate of drug-likeness (QED) is 0.715. The van der Waals surface area contributed by atoms with E-state index in [0.29, 0.717) is 4.21 Å². The molecule has 7 nitrogen and oxygen atoms in total. The molecule has 0 aliphatic heterocycles. The molecule has 9 heteroatoms. The minimum atomic E-state index is -3.59. The van der Waals surface area contributed by atoms with Crippen LogP contribution in [0.25, 0.3) is 10.4 Å². The molecule has 3 heterocycles. The van der Waals surface area contributed by atoms with Gasteiger partial charge in [-0.2, -0.15) is 10.2 Å². The summed E-state index contributed by atoms with van der Waals surface area (Å²) in [6.45, 7) is 3.86. The number of rotatable bonds is 4. The number of hydrogen-bond donors (Lipinski definition) is 2. The Hall–Kier alpha value is -1.97. The highest BCUT2D eigenvalue weighted by Gasteiger charge is 2.30. The molecule has 0 saturated carbocycles. The van der Waals surface area contributed by atoms with Gasteiger partial charge in [-0.15, -0.1) is 11.3 Å². The second kappa shape index (κ2) is 6.33. The molecule has 26 heavy (non-hydrogen) atoms. The average Bonchev–Trinajstić information content (AvgIpc) is 3.28. The monoisotopic (exact) mass is 391 g/mol. The largest absolute Gasteiger partial charge is 0.282 e. The van der Waals surface area contributed by atoms with Gasteiger partial charge in [0.25, 0.3) is 10.0 Å². The minimum absolute atomic E-state index is 0.223. The van der Waals surface area contributed by atoms with Crippen LogP contribution < -0.4 is 4.72 Å². The highest BCUT2D eigenvalue weighted by atomic mass is 32.2. The van der Waals surface area contributed by atoms with Crippen LogP contribution in [0, 0.1) is 13.8 Å². The fourth-order valence-electron chi connectivity index (χ4n) is 3.66. The van der Waals surface area contributed by atoms with Crippen LogP contribution in [0.1, 0.15) is 41.5 Å². The van der Waals surface area contributed by atoms with Crippen LogP contribution in [0.4, 0.5) is 0 Å². The van der Waals surface area contributed by atoms with Crippen molar-refractivity contribution in [3.05, 3.63) is 41.0 Å². The van der Waals surface area contributed by atoms with Crippen LogP contribution in [-0.4, -0.2) is 28.4 Å². The third-order valence-corrected chi connectivity index (χ3v) is 7.97. The van der Waals surface area contributed by atoms with E-state index in [-0.39, 0.29) is 6.04 Å². The van der Waals surface area contributed by atoms with E-state index >= 15 is 0 Å². The van der Waals surface area contributed by atoms with Crippen LogP contribution >= 0.6 is 11.3 Å². The Kier molecular flexibility index (Phi) is 4.25. The van der Waals surface area contributed by atoms with E-state index in [2.05, 4.69) is 20.0 Å². The number of nitrogens with zero attached hydrogens (tertiary/aromatic N) is 3. The molecule has 0 bridgehead atoms. The molecular weight excluding hydrogens is 370 g/mol. The van der Waals surface area contributed by atoms with Crippen molar-refractivity contribution in [3.8, 4) is 10.4 Å². The minimum Gasteiger partial charge on any atom is -0.282 e. The summed E-state index contributed by atoms with van der Waals surface area (Å²) in [7, 11) is -1.67. The SMILES string of the molecule is Cc1nn(C)c2c1C(NS(=O)(=O)c1ccc(-c3cn[nH]c3C)s1)CCC2. The number of nitrogens with one attached hydrogen (secondary N) is 2. The molecule has 1 unspecified atom stereocenters. The van der Waals surface area contributed by atoms with E-state index in [1.807, 2.05) is 31.6 Å². The van der Waals surface area contributed by atoms with E-state index in [1.54, 1.807) is 12.3 Å². The van der Waals surface area contributed by atoms with Gasteiger partial charge in [-0.25, -0.2) is 13.1 Å². The molecule has 4 rings (SSSR count). The van der Waals surface area contributed by atoms with Gasteiger partial charge in [0.2, 0.25) is 0 Å². The summed E-state index contributed by atoms with van der Waals surface area (Å²) in [6.07, 6.45) is 4.39. The summed E-state index contributed by atoms with van der Waals surface area (Å²) in [6, 6.07) is 3.27. The first kappa shape index (κ1) is 17.4. The van der Waals surface area contributed by atoms with Crippen LogP contribution in [0.15, 0.2) is 22.5 Å². The zero-order chi connectivity index (χ0) is 18.5. The lowest BCUT2D eigenvalue weighted by molar-refractivity contribution is 0.498. The van der Waals surface area contributed by atoms with Gasteiger partial charge in [-0.05, 0) is 45.2 Å². The molecule has 0 radical (unpaired) electrons. The van der Waals surface area contributed by atoms with Crippen molar-refractivity contribution in [2.75, 3.05) is 0 Å². The number of fused-ring (bicyclic) bond motifs is 1. The Balaban J connectivity index is 1.64. The van der Waals surface area contributed by atoms with E-state index in [9.17, 15) is 8.42 Å². The van der Waals surface area contributed by atoms with Crippen molar-refractivity contribution in [1.82, 2.24) is 24.7 Å². The normalized spacial score (nSPS) is 17.4. The fraction of sp³-hybridized carbons (Fsp3) is 0.412. The molecule has 0 spiro atoms. The van der Waals surface area contributed by atoms with Gasteiger partial charge in [0, 0.05) is 34.4 Å². The number of aromatic nitrogens is 4. The molecule has 0 aromatic carbocycles. The highest BCUT2D eigenvalue weighted by molar-refractivity contribution is 7.91. The van der Waals surface area contributed by atoms with Crippen molar-refractivity contribution >= 4 is 21.4 Å². The maximum Gasteiger partial charge on any atom is 0.250 e. The zero-order valence-electron chi connectivity index (χ0n) is 14.9. The molecule has 3 aromatic heterocycles. The van der Waals surface area contributed by atoms with Crippen LogP contribution in [0.5, 0.6) is 0 Å². The Morgan fingerprint density at radius 3 is 2.88 bits per heavy atom. The summed E-state index contributed by atoms with van der Waals surface area (Å²) in [5, 5.41) is 11.4. The number of hydrogen-bond acceptors (Lipinski definition) is 5. The number of aryl methyl sites for hydroxylation is 3. The van der Waals surface area contributed by atoms with Gasteiger partial charge in [0.1, 0.15) is 4.21 Å². The second-order valence-corrected chi connectivity index (χ2v) is 9.69. The molecule has 0 amide bonds. The number of aromatic amines is 1. The van der Waals surface area contributed by atoms with E-state index in [0.717, 1.165) is 52.3 Å². The van der Waals surface area contributed by atoms with Crippen LogP contribution in [0.2, 0.25) is 0 Å². The summed E-state index contributed by atoms with van der Waals surface area (Å²) in [4.78, 5) is 0.888. The fourth-order valence-corrected chi connectivity index (χ4v) is 6.29. The molecule has 1 aliphatic carbocycles. The van der Waals surface area contributed by atoms with Gasteiger partial charge in [-0.3, -0.25) is 9.78 Å². The van der Waals surface area contributed by atoms with Gasteiger partial charge in [0.05, 0.1) is 17.9 Å². The van der Waals surface area contributed by atoms with Crippen molar-refractivity contribution in [2.45, 2.75) is 43.4 Å². The van der Waals surface area contributed by atoms with Gasteiger partial charge < -0.3 is 0 Å². The van der Waals surface area contributed by atoms with E-state index < -0.39 is 10.0 Å². The molecule has 0 saturated heterocycles.